The zero-order chi connectivity index (χ0) is 32.2. The summed E-state index contributed by atoms with van der Waals surface area (Å²) in [7, 11) is 0. The Labute approximate surface area is 276 Å². The molecule has 0 heterocycles. The molecule has 0 aromatic carbocycles. The summed E-state index contributed by atoms with van der Waals surface area (Å²) in [4.78, 5) is 12.4. The maximum Gasteiger partial charge on any atom is 0.220 e. The fourth-order valence-electron chi connectivity index (χ4n) is 6.48. The average Bonchev–Trinajstić information content (AvgIpc) is 3.03. The Morgan fingerprint density at radius 3 is 1.02 bits per heavy atom. The van der Waals surface area contributed by atoms with E-state index in [0.29, 0.717) is 12.8 Å². The van der Waals surface area contributed by atoms with Crippen LogP contribution in [0.5, 0.6) is 0 Å². The van der Waals surface area contributed by atoms with E-state index in [0.717, 1.165) is 25.7 Å². The average molecular weight is 624 g/mol. The number of amides is 1. The third-order valence-corrected chi connectivity index (χ3v) is 9.62. The Hall–Kier alpha value is -0.610. The topological polar surface area (TPSA) is 69.6 Å². The first-order valence-corrected chi connectivity index (χ1v) is 20.2. The van der Waals surface area contributed by atoms with Gasteiger partial charge < -0.3 is 15.5 Å². The highest BCUT2D eigenvalue weighted by atomic mass is 16.3. The van der Waals surface area contributed by atoms with Crippen molar-refractivity contribution < 1.29 is 15.0 Å². The number of hydrogen-bond donors (Lipinski definition) is 3. The van der Waals surface area contributed by atoms with Crippen molar-refractivity contribution in [2.75, 3.05) is 6.61 Å². The molecule has 0 bridgehead atoms. The molecule has 0 fully saturated rings. The van der Waals surface area contributed by atoms with Gasteiger partial charge in [0, 0.05) is 6.42 Å². The predicted octanol–water partition coefficient (Wildman–Crippen LogP) is 12.1. The number of hydrogen-bond acceptors (Lipinski definition) is 3. The molecule has 0 saturated heterocycles. The molecule has 2 atom stereocenters. The third kappa shape index (κ3) is 32.8. The molecule has 0 aromatic rings. The molecule has 44 heavy (non-hydrogen) atoms. The van der Waals surface area contributed by atoms with E-state index in [9.17, 15) is 15.0 Å². The maximum atomic E-state index is 12.4. The lowest BCUT2D eigenvalue weighted by Crippen LogP contribution is -2.45. The van der Waals surface area contributed by atoms with Crippen molar-refractivity contribution in [3.63, 3.8) is 0 Å². The van der Waals surface area contributed by atoms with Gasteiger partial charge in [0.05, 0.1) is 18.8 Å². The van der Waals surface area contributed by atoms with E-state index < -0.39 is 12.1 Å². The number of nitrogens with one attached hydrogen (secondary N) is 1. The van der Waals surface area contributed by atoms with Gasteiger partial charge in [0.25, 0.3) is 0 Å². The van der Waals surface area contributed by atoms with Crippen molar-refractivity contribution in [3.05, 3.63) is 0 Å². The van der Waals surface area contributed by atoms with Crippen molar-refractivity contribution in [2.24, 2.45) is 0 Å². The van der Waals surface area contributed by atoms with Gasteiger partial charge in [0.15, 0.2) is 0 Å². The number of unbranched alkanes of at least 4 members (excludes halogenated alkanes) is 30. The summed E-state index contributed by atoms with van der Waals surface area (Å²) < 4.78 is 0. The molecule has 0 rings (SSSR count). The van der Waals surface area contributed by atoms with Crippen LogP contribution in [0.15, 0.2) is 0 Å². The molecule has 0 aromatic heterocycles. The summed E-state index contributed by atoms with van der Waals surface area (Å²) in [5.41, 5.74) is 0. The summed E-state index contributed by atoms with van der Waals surface area (Å²) in [6, 6.07) is -0.528. The summed E-state index contributed by atoms with van der Waals surface area (Å²) >= 11 is 0. The van der Waals surface area contributed by atoms with Crippen LogP contribution in [-0.2, 0) is 4.79 Å². The van der Waals surface area contributed by atoms with E-state index in [1.54, 1.807) is 0 Å². The molecular weight excluding hydrogens is 542 g/mol. The standard InChI is InChI=1S/C40H81NO3/c1-3-5-7-9-11-13-15-17-19-21-23-25-27-29-31-33-35-39(43)38(37-42)41-40(44)36-34-32-30-28-26-24-22-20-18-16-14-12-10-8-6-4-2/h38-39,42-43H,3-37H2,1-2H3,(H,41,44). The van der Waals surface area contributed by atoms with Crippen LogP contribution in [0.4, 0.5) is 0 Å². The summed E-state index contributed by atoms with van der Waals surface area (Å²) in [6.45, 7) is 4.37. The van der Waals surface area contributed by atoms with Crippen molar-refractivity contribution >= 4 is 5.91 Å². The van der Waals surface area contributed by atoms with Gasteiger partial charge >= 0.3 is 0 Å². The first kappa shape index (κ1) is 43.4. The molecule has 3 N–H and O–H groups in total. The van der Waals surface area contributed by atoms with Gasteiger partial charge in [0.1, 0.15) is 0 Å². The van der Waals surface area contributed by atoms with Crippen LogP contribution in [0.2, 0.25) is 0 Å². The number of carbonyl (C=O) groups excluding carboxylic acids is 1. The number of carbonyl (C=O) groups is 1. The lowest BCUT2D eigenvalue weighted by molar-refractivity contribution is -0.123. The van der Waals surface area contributed by atoms with Gasteiger partial charge in [-0.2, -0.15) is 0 Å². The molecule has 1 amide bonds. The highest BCUT2D eigenvalue weighted by molar-refractivity contribution is 5.76. The first-order chi connectivity index (χ1) is 21.7. The molecule has 0 radical (unpaired) electrons. The second kappa shape index (κ2) is 36.9. The molecule has 0 aliphatic rings. The zero-order valence-electron chi connectivity index (χ0n) is 30.2. The molecule has 0 aliphatic carbocycles. The first-order valence-electron chi connectivity index (χ1n) is 20.2. The molecular formula is C40H81NO3. The summed E-state index contributed by atoms with van der Waals surface area (Å²) in [5, 5.41) is 23.1. The summed E-state index contributed by atoms with van der Waals surface area (Å²) in [5.74, 6) is -0.0274. The number of rotatable bonds is 37. The van der Waals surface area contributed by atoms with E-state index >= 15 is 0 Å². The van der Waals surface area contributed by atoms with E-state index in [4.69, 9.17) is 0 Å². The van der Waals surface area contributed by atoms with Crippen molar-refractivity contribution in [3.8, 4) is 0 Å². The molecule has 2 unspecified atom stereocenters. The Morgan fingerprint density at radius 2 is 0.727 bits per heavy atom. The van der Waals surface area contributed by atoms with Crippen LogP contribution in [0.3, 0.4) is 0 Å². The minimum atomic E-state index is -0.651. The molecule has 0 saturated carbocycles. The van der Waals surface area contributed by atoms with E-state index in [1.807, 2.05) is 0 Å². The fourth-order valence-corrected chi connectivity index (χ4v) is 6.48. The smallest absolute Gasteiger partial charge is 0.220 e. The zero-order valence-corrected chi connectivity index (χ0v) is 30.2. The van der Waals surface area contributed by atoms with Gasteiger partial charge in [-0.3, -0.25) is 4.79 Å². The Bertz CT molecular complexity index is 555. The Kier molecular flexibility index (Phi) is 36.3. The molecule has 0 aliphatic heterocycles. The highest BCUT2D eigenvalue weighted by Crippen LogP contribution is 2.16. The van der Waals surface area contributed by atoms with Gasteiger partial charge in [-0.15, -0.1) is 0 Å². The quantitative estimate of drug-likeness (QED) is 0.0603. The maximum absolute atomic E-state index is 12.4. The predicted molar refractivity (Wildman–Crippen MR) is 193 cm³/mol. The lowest BCUT2D eigenvalue weighted by Gasteiger charge is -2.22. The molecule has 264 valence electrons. The van der Waals surface area contributed by atoms with Crippen LogP contribution in [0, 0.1) is 0 Å². The van der Waals surface area contributed by atoms with Crippen molar-refractivity contribution in [1.29, 1.82) is 0 Å². The van der Waals surface area contributed by atoms with Crippen molar-refractivity contribution in [2.45, 2.75) is 244 Å². The molecule has 4 heteroatoms. The highest BCUT2D eigenvalue weighted by Gasteiger charge is 2.19. The van der Waals surface area contributed by atoms with E-state index in [-0.39, 0.29) is 12.5 Å². The van der Waals surface area contributed by atoms with E-state index in [2.05, 4.69) is 19.2 Å². The number of aliphatic hydroxyl groups is 2. The normalized spacial score (nSPS) is 12.9. The molecule has 0 spiro atoms. The van der Waals surface area contributed by atoms with Crippen LogP contribution in [0.1, 0.15) is 232 Å². The van der Waals surface area contributed by atoms with Gasteiger partial charge in [-0.05, 0) is 12.8 Å². The molecule has 4 nitrogen and oxygen atoms in total. The van der Waals surface area contributed by atoms with Gasteiger partial charge in [-0.25, -0.2) is 0 Å². The van der Waals surface area contributed by atoms with Crippen LogP contribution in [-0.4, -0.2) is 34.9 Å². The third-order valence-electron chi connectivity index (χ3n) is 9.62. The minimum absolute atomic E-state index is 0.0274. The fraction of sp³-hybridized carbons (Fsp3) is 0.975. The largest absolute Gasteiger partial charge is 0.394 e. The van der Waals surface area contributed by atoms with Gasteiger partial charge in [0.2, 0.25) is 5.91 Å². The summed E-state index contributed by atoms with van der Waals surface area (Å²) in [6.07, 6.45) is 43.0. The Balaban J connectivity index is 3.49. The second-order valence-corrected chi connectivity index (χ2v) is 14.1. The van der Waals surface area contributed by atoms with Crippen LogP contribution in [0.25, 0.3) is 0 Å². The minimum Gasteiger partial charge on any atom is -0.394 e. The van der Waals surface area contributed by atoms with Crippen LogP contribution >= 0.6 is 0 Å². The van der Waals surface area contributed by atoms with Crippen LogP contribution < -0.4 is 5.32 Å². The van der Waals surface area contributed by atoms with Gasteiger partial charge in [-0.1, -0.05) is 213 Å². The lowest BCUT2D eigenvalue weighted by atomic mass is 10.0. The second-order valence-electron chi connectivity index (χ2n) is 14.1. The number of aliphatic hydroxyl groups excluding tert-OH is 2. The SMILES string of the molecule is CCCCCCCCCCCCCCCCCCC(=O)NC(CO)C(O)CCCCCCCCCCCCCCCCCC. The monoisotopic (exact) mass is 624 g/mol. The van der Waals surface area contributed by atoms with Crippen molar-refractivity contribution in [1.82, 2.24) is 5.32 Å². The van der Waals surface area contributed by atoms with E-state index in [1.165, 1.54) is 180 Å². The Morgan fingerprint density at radius 1 is 0.455 bits per heavy atom.